The fraction of sp³-hybridized carbons (Fsp3) is 0.500. The molecule has 0 fully saturated rings. The molecule has 0 aliphatic carbocycles. The number of nitrogen functional groups attached to an aromatic ring is 1. The summed E-state index contributed by atoms with van der Waals surface area (Å²) in [6, 6.07) is 0. The van der Waals surface area contributed by atoms with Gasteiger partial charge in [-0.05, 0) is 5.92 Å². The third kappa shape index (κ3) is 2.96. The number of hydrogen-bond acceptors (Lipinski definition) is 4. The summed E-state index contributed by atoms with van der Waals surface area (Å²) in [5, 5.41) is 11.4. The first-order valence-corrected chi connectivity index (χ1v) is 5.29. The number of aromatic amines is 1. The van der Waals surface area contributed by atoms with E-state index >= 15 is 0 Å². The number of likely N-dealkylation sites (N-methyl/N-ethyl adjacent to an activating group) is 1. The quantitative estimate of drug-likeness (QED) is 0.572. The summed E-state index contributed by atoms with van der Waals surface area (Å²) in [5.41, 5.74) is 6.96. The molecule has 0 spiro atoms. The van der Waals surface area contributed by atoms with Gasteiger partial charge in [0, 0.05) is 7.05 Å². The third-order valence-electron chi connectivity index (χ3n) is 2.31. The Balaban J connectivity index is 2.73. The van der Waals surface area contributed by atoms with Gasteiger partial charge in [0.25, 0.3) is 5.91 Å². The lowest BCUT2D eigenvalue weighted by Gasteiger charge is -2.04. The molecule has 1 heterocycles. The zero-order valence-electron chi connectivity index (χ0n) is 10.1. The van der Waals surface area contributed by atoms with E-state index in [9.17, 15) is 9.59 Å². The Hall–Kier alpha value is -2.05. The Morgan fingerprint density at radius 2 is 2.12 bits per heavy atom. The molecule has 7 heteroatoms. The zero-order chi connectivity index (χ0) is 13.0. The van der Waals surface area contributed by atoms with Crippen LogP contribution in [0.25, 0.3) is 0 Å². The standard InChI is InChI=1S/C10H17N5O2/c1-5(2)8-7(11)9(15-14-8)10(17)13-4-6(16)12-3/h5H,4,11H2,1-3H3,(H,12,16)(H,13,17)(H,14,15). The number of rotatable bonds is 4. The number of hydrogen-bond donors (Lipinski definition) is 4. The van der Waals surface area contributed by atoms with Crippen LogP contribution < -0.4 is 16.4 Å². The monoisotopic (exact) mass is 239 g/mol. The van der Waals surface area contributed by atoms with Gasteiger partial charge in [0.05, 0.1) is 17.9 Å². The first kappa shape index (κ1) is 13.0. The number of anilines is 1. The number of H-pyrrole nitrogens is 1. The lowest BCUT2D eigenvalue weighted by molar-refractivity contribution is -0.119. The highest BCUT2D eigenvalue weighted by molar-refractivity contribution is 5.99. The van der Waals surface area contributed by atoms with Crippen LogP contribution in [0.2, 0.25) is 0 Å². The maximum absolute atomic E-state index is 11.7. The molecular weight excluding hydrogens is 222 g/mol. The van der Waals surface area contributed by atoms with E-state index in [0.717, 1.165) is 5.69 Å². The predicted octanol–water partition coefficient (Wildman–Crippen LogP) is -0.409. The molecule has 0 saturated heterocycles. The Labute approximate surface area is 99.1 Å². The van der Waals surface area contributed by atoms with Crippen LogP contribution in [0.1, 0.15) is 35.9 Å². The molecule has 94 valence electrons. The van der Waals surface area contributed by atoms with Gasteiger partial charge in [-0.2, -0.15) is 5.10 Å². The van der Waals surface area contributed by atoms with Crippen molar-refractivity contribution in [2.45, 2.75) is 19.8 Å². The zero-order valence-corrected chi connectivity index (χ0v) is 10.1. The molecule has 0 aliphatic heterocycles. The van der Waals surface area contributed by atoms with E-state index in [-0.39, 0.29) is 24.1 Å². The number of aromatic nitrogens is 2. The van der Waals surface area contributed by atoms with E-state index < -0.39 is 5.91 Å². The molecule has 5 N–H and O–H groups in total. The van der Waals surface area contributed by atoms with Crippen LogP contribution in [0.5, 0.6) is 0 Å². The van der Waals surface area contributed by atoms with Gasteiger partial charge in [-0.15, -0.1) is 0 Å². The van der Waals surface area contributed by atoms with Crippen LogP contribution in [0.3, 0.4) is 0 Å². The maximum Gasteiger partial charge on any atom is 0.274 e. The first-order chi connectivity index (χ1) is 7.97. The average Bonchev–Trinajstić information content (AvgIpc) is 2.67. The highest BCUT2D eigenvalue weighted by Gasteiger charge is 2.18. The Morgan fingerprint density at radius 3 is 2.59 bits per heavy atom. The van der Waals surface area contributed by atoms with Gasteiger partial charge in [0.1, 0.15) is 0 Å². The molecule has 1 aromatic heterocycles. The summed E-state index contributed by atoms with van der Waals surface area (Å²) in [4.78, 5) is 22.6. The largest absolute Gasteiger partial charge is 0.395 e. The minimum absolute atomic E-state index is 0.0986. The van der Waals surface area contributed by atoms with E-state index in [4.69, 9.17) is 5.73 Å². The summed E-state index contributed by atoms with van der Waals surface area (Å²) >= 11 is 0. The van der Waals surface area contributed by atoms with E-state index in [1.165, 1.54) is 7.05 Å². The predicted molar refractivity (Wildman–Crippen MR) is 63.5 cm³/mol. The molecule has 0 saturated carbocycles. The van der Waals surface area contributed by atoms with Crippen molar-refractivity contribution in [3.05, 3.63) is 11.4 Å². The van der Waals surface area contributed by atoms with Crippen molar-refractivity contribution < 1.29 is 9.59 Å². The molecule has 1 rings (SSSR count). The Bertz CT molecular complexity index is 424. The van der Waals surface area contributed by atoms with Crippen LogP contribution in [0.15, 0.2) is 0 Å². The summed E-state index contributed by atoms with van der Waals surface area (Å²) < 4.78 is 0. The van der Waals surface area contributed by atoms with E-state index in [0.29, 0.717) is 5.69 Å². The first-order valence-electron chi connectivity index (χ1n) is 5.29. The van der Waals surface area contributed by atoms with Gasteiger partial charge in [-0.3, -0.25) is 14.7 Å². The van der Waals surface area contributed by atoms with E-state index in [2.05, 4.69) is 20.8 Å². The van der Waals surface area contributed by atoms with Crippen LogP contribution in [0, 0.1) is 0 Å². The molecule has 2 amide bonds. The number of nitrogens with two attached hydrogens (primary N) is 1. The highest BCUT2D eigenvalue weighted by Crippen LogP contribution is 2.21. The molecule has 0 radical (unpaired) electrons. The van der Waals surface area contributed by atoms with Crippen LogP contribution in [0.4, 0.5) is 5.69 Å². The number of nitrogens with one attached hydrogen (secondary N) is 3. The highest BCUT2D eigenvalue weighted by atomic mass is 16.2. The summed E-state index contributed by atoms with van der Waals surface area (Å²) in [7, 11) is 1.49. The van der Waals surface area contributed by atoms with Crippen molar-refractivity contribution in [1.29, 1.82) is 0 Å². The molecule has 0 unspecified atom stereocenters. The normalized spacial score (nSPS) is 10.4. The van der Waals surface area contributed by atoms with Gasteiger partial charge in [-0.1, -0.05) is 13.8 Å². The number of carbonyl (C=O) groups excluding carboxylic acids is 2. The van der Waals surface area contributed by atoms with E-state index in [1.54, 1.807) is 0 Å². The second-order valence-electron chi connectivity index (χ2n) is 3.91. The van der Waals surface area contributed by atoms with Crippen molar-refractivity contribution in [1.82, 2.24) is 20.8 Å². The number of carbonyl (C=O) groups is 2. The van der Waals surface area contributed by atoms with Crippen molar-refractivity contribution >= 4 is 17.5 Å². The lowest BCUT2D eigenvalue weighted by atomic mass is 10.1. The van der Waals surface area contributed by atoms with Crippen molar-refractivity contribution in [3.8, 4) is 0 Å². The molecule has 17 heavy (non-hydrogen) atoms. The molecule has 0 aromatic carbocycles. The Kier molecular flexibility index (Phi) is 4.08. The van der Waals surface area contributed by atoms with Crippen molar-refractivity contribution in [2.24, 2.45) is 0 Å². The molecular formula is C10H17N5O2. The van der Waals surface area contributed by atoms with Gasteiger partial charge >= 0.3 is 0 Å². The lowest BCUT2D eigenvalue weighted by Crippen LogP contribution is -2.35. The van der Waals surface area contributed by atoms with Crippen LogP contribution >= 0.6 is 0 Å². The maximum atomic E-state index is 11.7. The smallest absolute Gasteiger partial charge is 0.274 e. The minimum Gasteiger partial charge on any atom is -0.395 e. The van der Waals surface area contributed by atoms with Gasteiger partial charge < -0.3 is 16.4 Å². The van der Waals surface area contributed by atoms with Crippen LogP contribution in [-0.2, 0) is 4.79 Å². The SMILES string of the molecule is CNC(=O)CNC(=O)c1n[nH]c(C(C)C)c1N. The fourth-order valence-electron chi connectivity index (χ4n) is 1.31. The van der Waals surface area contributed by atoms with E-state index in [1.807, 2.05) is 13.8 Å². The van der Waals surface area contributed by atoms with Gasteiger partial charge in [0.2, 0.25) is 5.91 Å². The third-order valence-corrected chi connectivity index (χ3v) is 2.31. The van der Waals surface area contributed by atoms with Gasteiger partial charge in [-0.25, -0.2) is 0 Å². The molecule has 1 aromatic rings. The minimum atomic E-state index is -0.464. The number of amides is 2. The number of nitrogens with zero attached hydrogens (tertiary/aromatic N) is 1. The summed E-state index contributed by atoms with van der Waals surface area (Å²) in [6.07, 6.45) is 0. The van der Waals surface area contributed by atoms with Crippen molar-refractivity contribution in [3.63, 3.8) is 0 Å². The fourth-order valence-corrected chi connectivity index (χ4v) is 1.31. The van der Waals surface area contributed by atoms with Gasteiger partial charge in [0.15, 0.2) is 5.69 Å². The molecule has 0 aliphatic rings. The topological polar surface area (TPSA) is 113 Å². The second-order valence-corrected chi connectivity index (χ2v) is 3.91. The summed E-state index contributed by atoms with van der Waals surface area (Å²) in [6.45, 7) is 3.78. The summed E-state index contributed by atoms with van der Waals surface area (Å²) in [5.74, 6) is -0.589. The molecule has 7 nitrogen and oxygen atoms in total. The second kappa shape index (κ2) is 5.33. The molecule has 0 atom stereocenters. The molecule has 0 bridgehead atoms. The van der Waals surface area contributed by atoms with Crippen molar-refractivity contribution in [2.75, 3.05) is 19.3 Å². The average molecular weight is 239 g/mol. The Morgan fingerprint density at radius 1 is 1.47 bits per heavy atom. The van der Waals surface area contributed by atoms with Crippen LogP contribution in [-0.4, -0.2) is 35.6 Å².